The van der Waals surface area contributed by atoms with Crippen LogP contribution in [-0.4, -0.2) is 75.7 Å². The summed E-state index contributed by atoms with van der Waals surface area (Å²) in [7, 11) is -3.72. The fourth-order valence-electron chi connectivity index (χ4n) is 5.16. The maximum Gasteiger partial charge on any atom is 0.292 e. The Morgan fingerprint density at radius 2 is 1.78 bits per heavy atom. The predicted molar refractivity (Wildman–Crippen MR) is 144 cm³/mol. The molecule has 0 atom stereocenters. The minimum atomic E-state index is -3.72. The second-order valence-electron chi connectivity index (χ2n) is 10.1. The number of hydrogen-bond acceptors (Lipinski definition) is 8. The topological polar surface area (TPSA) is 136 Å². The summed E-state index contributed by atoms with van der Waals surface area (Å²) in [6, 6.07) is 8.11. The summed E-state index contributed by atoms with van der Waals surface area (Å²) in [5.74, 6) is -0.842. The standard InChI is InChI=1S/C25H34N6O5S/c32-16-17-37(35,36)28-19-3-4-20(22(18-19)29-12-7-25(5-6-25)8-13-29)23(33)27-21-2-1-11-31(24(21)34)30-14-9-26-10-15-30/h1-4,11,18,26,28,32H,5-10,12-17H2,(H,27,33). The number of rotatable bonds is 8. The van der Waals surface area contributed by atoms with Gasteiger partial charge in [0.15, 0.2) is 0 Å². The lowest BCUT2D eigenvalue weighted by Crippen LogP contribution is -2.52. The highest BCUT2D eigenvalue weighted by atomic mass is 32.2. The van der Waals surface area contributed by atoms with Gasteiger partial charge in [-0.3, -0.25) is 14.3 Å². The summed E-state index contributed by atoms with van der Waals surface area (Å²) < 4.78 is 28.5. The number of nitrogens with zero attached hydrogens (tertiary/aromatic N) is 3. The summed E-state index contributed by atoms with van der Waals surface area (Å²) in [5, 5.41) is 17.0. The van der Waals surface area contributed by atoms with E-state index in [0.29, 0.717) is 35.4 Å². The van der Waals surface area contributed by atoms with Crippen molar-refractivity contribution in [1.29, 1.82) is 0 Å². The molecule has 0 unspecified atom stereocenters. The van der Waals surface area contributed by atoms with Gasteiger partial charge in [-0.05, 0) is 61.4 Å². The lowest BCUT2D eigenvalue weighted by Gasteiger charge is -2.35. The molecule has 2 aromatic rings. The molecular weight excluding hydrogens is 496 g/mol. The minimum Gasteiger partial charge on any atom is -0.395 e. The molecule has 1 spiro atoms. The molecule has 1 aromatic heterocycles. The number of anilines is 3. The molecule has 4 N–H and O–H groups in total. The highest BCUT2D eigenvalue weighted by Gasteiger charge is 2.44. The van der Waals surface area contributed by atoms with Crippen LogP contribution in [0.15, 0.2) is 41.3 Å². The molecule has 1 aliphatic carbocycles. The number of piperazine rings is 1. The van der Waals surface area contributed by atoms with Gasteiger partial charge in [-0.2, -0.15) is 0 Å². The molecule has 12 heteroatoms. The molecule has 5 rings (SSSR count). The Bertz CT molecular complexity index is 1310. The Morgan fingerprint density at radius 3 is 2.46 bits per heavy atom. The van der Waals surface area contributed by atoms with Crippen LogP contribution in [0, 0.1) is 5.41 Å². The van der Waals surface area contributed by atoms with Crippen molar-refractivity contribution in [2.24, 2.45) is 5.41 Å². The zero-order chi connectivity index (χ0) is 26.0. The molecule has 2 saturated heterocycles. The number of pyridine rings is 1. The van der Waals surface area contributed by atoms with Gasteiger partial charge >= 0.3 is 0 Å². The molecule has 0 bridgehead atoms. The van der Waals surface area contributed by atoms with E-state index in [1.165, 1.54) is 23.6 Å². The van der Waals surface area contributed by atoms with Crippen LogP contribution in [-0.2, 0) is 10.0 Å². The van der Waals surface area contributed by atoms with E-state index in [2.05, 4.69) is 20.3 Å². The van der Waals surface area contributed by atoms with Gasteiger partial charge in [0.25, 0.3) is 11.5 Å². The molecule has 37 heavy (non-hydrogen) atoms. The summed E-state index contributed by atoms with van der Waals surface area (Å²) >= 11 is 0. The zero-order valence-corrected chi connectivity index (χ0v) is 21.6. The van der Waals surface area contributed by atoms with Crippen LogP contribution in [0.25, 0.3) is 0 Å². The minimum absolute atomic E-state index is 0.181. The molecule has 200 valence electrons. The van der Waals surface area contributed by atoms with Crippen LogP contribution in [0.3, 0.4) is 0 Å². The fourth-order valence-corrected chi connectivity index (χ4v) is 5.99. The largest absolute Gasteiger partial charge is 0.395 e. The van der Waals surface area contributed by atoms with Crippen LogP contribution >= 0.6 is 0 Å². The molecule has 1 saturated carbocycles. The number of sulfonamides is 1. The SMILES string of the molecule is O=C(Nc1cccn(N2CCNCC2)c1=O)c1ccc(NS(=O)(=O)CCO)cc1N1CCC2(CC1)CC2. The first-order valence-electron chi connectivity index (χ1n) is 12.8. The van der Waals surface area contributed by atoms with Crippen molar-refractivity contribution in [3.63, 3.8) is 0 Å². The van der Waals surface area contributed by atoms with E-state index < -0.39 is 28.3 Å². The van der Waals surface area contributed by atoms with Crippen molar-refractivity contribution in [3.05, 3.63) is 52.4 Å². The average Bonchev–Trinajstić information content (AvgIpc) is 3.64. The first kappa shape index (κ1) is 25.6. The summed E-state index contributed by atoms with van der Waals surface area (Å²) in [4.78, 5) is 28.7. The van der Waals surface area contributed by atoms with Crippen molar-refractivity contribution in [1.82, 2.24) is 9.99 Å². The first-order chi connectivity index (χ1) is 17.8. The van der Waals surface area contributed by atoms with Crippen molar-refractivity contribution in [2.45, 2.75) is 25.7 Å². The highest BCUT2D eigenvalue weighted by Crippen LogP contribution is 2.54. The van der Waals surface area contributed by atoms with Gasteiger partial charge in [0, 0.05) is 45.5 Å². The van der Waals surface area contributed by atoms with E-state index in [-0.39, 0.29) is 11.2 Å². The lowest BCUT2D eigenvalue weighted by atomic mass is 9.93. The first-order valence-corrected chi connectivity index (χ1v) is 14.4. The zero-order valence-electron chi connectivity index (χ0n) is 20.8. The molecule has 1 aromatic carbocycles. The summed E-state index contributed by atoms with van der Waals surface area (Å²) in [5.41, 5.74) is 1.62. The van der Waals surface area contributed by atoms with Crippen LogP contribution in [0.4, 0.5) is 17.1 Å². The van der Waals surface area contributed by atoms with Crippen molar-refractivity contribution in [2.75, 3.05) is 71.6 Å². The van der Waals surface area contributed by atoms with Crippen LogP contribution < -0.4 is 30.8 Å². The third-order valence-corrected chi connectivity index (χ3v) is 8.84. The van der Waals surface area contributed by atoms with E-state index in [9.17, 15) is 18.0 Å². The number of carbonyl (C=O) groups is 1. The monoisotopic (exact) mass is 530 g/mol. The van der Waals surface area contributed by atoms with E-state index in [1.807, 2.05) is 5.01 Å². The molecule has 11 nitrogen and oxygen atoms in total. The Balaban J connectivity index is 1.42. The van der Waals surface area contributed by atoms with Gasteiger partial charge < -0.3 is 25.6 Å². The molecule has 3 heterocycles. The Kier molecular flexibility index (Phi) is 7.15. The van der Waals surface area contributed by atoms with E-state index in [1.54, 1.807) is 30.5 Å². The second-order valence-corrected chi connectivity index (χ2v) is 11.9. The molecule has 1 amide bonds. The molecule has 2 aliphatic heterocycles. The fraction of sp³-hybridized carbons (Fsp3) is 0.520. The number of piperidine rings is 1. The number of aliphatic hydroxyl groups is 1. The number of aromatic nitrogens is 1. The number of aliphatic hydroxyl groups excluding tert-OH is 1. The highest BCUT2D eigenvalue weighted by molar-refractivity contribution is 7.92. The van der Waals surface area contributed by atoms with Crippen molar-refractivity contribution >= 4 is 33.0 Å². The smallest absolute Gasteiger partial charge is 0.292 e. The number of benzene rings is 1. The van der Waals surface area contributed by atoms with Gasteiger partial charge in [-0.15, -0.1) is 0 Å². The molecule has 3 aliphatic rings. The lowest BCUT2D eigenvalue weighted by molar-refractivity contribution is 0.102. The van der Waals surface area contributed by atoms with Gasteiger partial charge in [0.05, 0.1) is 29.3 Å². The Labute approximate surface area is 216 Å². The normalized spacial score (nSPS) is 19.1. The number of carbonyl (C=O) groups excluding carboxylic acids is 1. The van der Waals surface area contributed by atoms with Crippen molar-refractivity contribution < 1.29 is 18.3 Å². The van der Waals surface area contributed by atoms with E-state index in [0.717, 1.165) is 39.0 Å². The van der Waals surface area contributed by atoms with Gasteiger partial charge in [-0.25, -0.2) is 13.1 Å². The van der Waals surface area contributed by atoms with Crippen LogP contribution in [0.5, 0.6) is 0 Å². The number of nitrogens with one attached hydrogen (secondary N) is 3. The molecular formula is C25H34N6O5S. The van der Waals surface area contributed by atoms with Gasteiger partial charge in [-0.1, -0.05) is 0 Å². The quantitative estimate of drug-likeness (QED) is 0.393. The number of hydrogen-bond donors (Lipinski definition) is 4. The summed E-state index contributed by atoms with van der Waals surface area (Å²) in [6.07, 6.45) is 6.24. The van der Waals surface area contributed by atoms with Gasteiger partial charge in [0.1, 0.15) is 5.69 Å². The summed E-state index contributed by atoms with van der Waals surface area (Å²) in [6.45, 7) is 3.98. The Morgan fingerprint density at radius 1 is 1.05 bits per heavy atom. The third-order valence-electron chi connectivity index (χ3n) is 7.57. The predicted octanol–water partition coefficient (Wildman–Crippen LogP) is 0.756. The van der Waals surface area contributed by atoms with Gasteiger partial charge in [0.2, 0.25) is 10.0 Å². The second kappa shape index (κ2) is 10.3. The average molecular weight is 531 g/mol. The molecule has 0 radical (unpaired) electrons. The third kappa shape index (κ3) is 5.76. The van der Waals surface area contributed by atoms with E-state index >= 15 is 0 Å². The van der Waals surface area contributed by atoms with Crippen LogP contribution in [0.1, 0.15) is 36.0 Å². The van der Waals surface area contributed by atoms with Crippen LogP contribution in [0.2, 0.25) is 0 Å². The number of amides is 1. The van der Waals surface area contributed by atoms with E-state index in [4.69, 9.17) is 5.11 Å². The molecule has 3 fully saturated rings. The maximum atomic E-state index is 13.5. The Hall–Kier alpha value is -3.09. The maximum absolute atomic E-state index is 13.5. The van der Waals surface area contributed by atoms with Crippen molar-refractivity contribution in [3.8, 4) is 0 Å².